The first-order chi connectivity index (χ1) is 8.87. The first-order valence-corrected chi connectivity index (χ1v) is 8.98. The summed E-state index contributed by atoms with van der Waals surface area (Å²) >= 11 is 6.57. The van der Waals surface area contributed by atoms with Crippen molar-refractivity contribution in [1.29, 1.82) is 0 Å². The molecule has 106 valence electrons. The number of aliphatic hydroxyl groups excluding tert-OH is 1. The summed E-state index contributed by atoms with van der Waals surface area (Å²) in [5.74, 6) is 0.172. The van der Waals surface area contributed by atoms with E-state index in [1.165, 1.54) is 4.31 Å². The third kappa shape index (κ3) is 2.90. The summed E-state index contributed by atoms with van der Waals surface area (Å²) in [6, 6.07) is 4.72. The van der Waals surface area contributed by atoms with Gasteiger partial charge in [-0.2, -0.15) is 4.31 Å². The highest BCUT2D eigenvalue weighted by Gasteiger charge is 2.39. The summed E-state index contributed by atoms with van der Waals surface area (Å²) in [5.41, 5.74) is 0. The average Bonchev–Trinajstić information content (AvgIpc) is 2.74. The van der Waals surface area contributed by atoms with Crippen molar-refractivity contribution in [3.8, 4) is 0 Å². The molecule has 19 heavy (non-hydrogen) atoms. The van der Waals surface area contributed by atoms with Crippen molar-refractivity contribution >= 4 is 41.9 Å². The van der Waals surface area contributed by atoms with Gasteiger partial charge in [-0.3, -0.25) is 0 Å². The van der Waals surface area contributed by atoms with Gasteiger partial charge in [0.25, 0.3) is 0 Å². The number of aliphatic hydroxyl groups is 1. The minimum absolute atomic E-state index is 0.147. The Kier molecular flexibility index (Phi) is 4.72. The van der Waals surface area contributed by atoms with E-state index in [1.54, 1.807) is 18.2 Å². The third-order valence-corrected chi connectivity index (χ3v) is 6.91. The highest BCUT2D eigenvalue weighted by atomic mass is 79.9. The molecule has 1 aromatic rings. The Hall–Kier alpha value is 0.0500. The van der Waals surface area contributed by atoms with Gasteiger partial charge in [0.1, 0.15) is 0 Å². The fraction of sp³-hybridized carbons (Fsp3) is 0.500. The molecule has 1 heterocycles. The molecule has 2 rings (SSSR count). The largest absolute Gasteiger partial charge is 0.395 e. The molecule has 0 bridgehead atoms. The number of rotatable bonds is 3. The van der Waals surface area contributed by atoms with E-state index in [1.807, 2.05) is 6.92 Å². The summed E-state index contributed by atoms with van der Waals surface area (Å²) in [6.07, 6.45) is 0.774. The predicted octanol–water partition coefficient (Wildman–Crippen LogP) is 2.60. The van der Waals surface area contributed by atoms with Crippen LogP contribution in [0.15, 0.2) is 32.0 Å². The van der Waals surface area contributed by atoms with Crippen LogP contribution in [0.5, 0.6) is 0 Å². The third-order valence-electron chi connectivity index (χ3n) is 3.50. The molecule has 0 radical (unpaired) electrons. The molecule has 0 saturated carbocycles. The lowest BCUT2D eigenvalue weighted by Crippen LogP contribution is -2.39. The first kappa shape index (κ1) is 15.4. The Labute approximate surface area is 130 Å². The predicted molar refractivity (Wildman–Crippen MR) is 80.4 cm³/mol. The normalized spacial score (nSPS) is 24.8. The molecule has 2 unspecified atom stereocenters. The highest BCUT2D eigenvalue weighted by Crippen LogP contribution is 2.34. The summed E-state index contributed by atoms with van der Waals surface area (Å²) in [4.78, 5) is 0.231. The molecule has 0 aliphatic carbocycles. The quantitative estimate of drug-likeness (QED) is 0.829. The van der Waals surface area contributed by atoms with Gasteiger partial charge in [0.15, 0.2) is 0 Å². The number of halogens is 2. The van der Waals surface area contributed by atoms with Crippen molar-refractivity contribution in [3.05, 3.63) is 27.1 Å². The first-order valence-electron chi connectivity index (χ1n) is 5.95. The maximum absolute atomic E-state index is 12.7. The standard InChI is InChI=1S/C12H15Br2NO3S/c1-8-4-5-15(11(8)7-16)19(17,18)12-6-9(13)2-3-10(12)14/h2-3,6,8,11,16H,4-5,7H2,1H3. The molecule has 0 amide bonds. The fourth-order valence-corrected chi connectivity index (χ4v) is 5.54. The molecule has 4 nitrogen and oxygen atoms in total. The fourth-order valence-electron chi connectivity index (χ4n) is 2.34. The number of benzene rings is 1. The van der Waals surface area contributed by atoms with Crippen LogP contribution in [0.2, 0.25) is 0 Å². The van der Waals surface area contributed by atoms with Crippen LogP contribution in [0, 0.1) is 5.92 Å². The lowest BCUT2D eigenvalue weighted by atomic mass is 10.0. The van der Waals surface area contributed by atoms with Crippen molar-refractivity contribution in [2.75, 3.05) is 13.2 Å². The van der Waals surface area contributed by atoms with Gasteiger partial charge in [-0.05, 0) is 46.5 Å². The maximum Gasteiger partial charge on any atom is 0.244 e. The van der Waals surface area contributed by atoms with Crippen LogP contribution in [0.3, 0.4) is 0 Å². The van der Waals surface area contributed by atoms with Gasteiger partial charge in [-0.25, -0.2) is 8.42 Å². The van der Waals surface area contributed by atoms with Gasteiger partial charge in [0, 0.05) is 15.5 Å². The van der Waals surface area contributed by atoms with Gasteiger partial charge in [-0.1, -0.05) is 22.9 Å². The molecule has 1 fully saturated rings. The lowest BCUT2D eigenvalue weighted by molar-refractivity contribution is 0.191. The van der Waals surface area contributed by atoms with Gasteiger partial charge in [0.05, 0.1) is 17.5 Å². The van der Waals surface area contributed by atoms with E-state index in [0.717, 1.165) is 6.42 Å². The number of hydrogen-bond acceptors (Lipinski definition) is 3. The van der Waals surface area contributed by atoms with Crippen LogP contribution < -0.4 is 0 Å². The molecule has 0 aromatic heterocycles. The topological polar surface area (TPSA) is 57.6 Å². The second kappa shape index (κ2) is 5.81. The van der Waals surface area contributed by atoms with E-state index in [0.29, 0.717) is 15.5 Å². The van der Waals surface area contributed by atoms with Crippen LogP contribution in [-0.4, -0.2) is 37.0 Å². The van der Waals surface area contributed by atoms with E-state index in [4.69, 9.17) is 0 Å². The minimum atomic E-state index is -3.59. The Bertz CT molecular complexity index is 576. The second-order valence-corrected chi connectivity index (χ2v) is 8.34. The van der Waals surface area contributed by atoms with Crippen molar-refractivity contribution < 1.29 is 13.5 Å². The smallest absolute Gasteiger partial charge is 0.244 e. The van der Waals surface area contributed by atoms with Gasteiger partial charge in [0.2, 0.25) is 10.0 Å². The second-order valence-electron chi connectivity index (χ2n) is 4.71. The average molecular weight is 413 g/mol. The van der Waals surface area contributed by atoms with Gasteiger partial charge in [-0.15, -0.1) is 0 Å². The van der Waals surface area contributed by atoms with Crippen LogP contribution in [0.1, 0.15) is 13.3 Å². The Balaban J connectivity index is 2.45. The molecular formula is C12H15Br2NO3S. The van der Waals surface area contributed by atoms with Crippen LogP contribution >= 0.6 is 31.9 Å². The van der Waals surface area contributed by atoms with E-state index in [9.17, 15) is 13.5 Å². The zero-order valence-electron chi connectivity index (χ0n) is 10.4. The molecule has 1 aromatic carbocycles. The van der Waals surface area contributed by atoms with E-state index >= 15 is 0 Å². The van der Waals surface area contributed by atoms with Crippen molar-refractivity contribution in [2.45, 2.75) is 24.3 Å². The molecule has 0 spiro atoms. The summed E-state index contributed by atoms with van der Waals surface area (Å²) in [5, 5.41) is 9.41. The summed E-state index contributed by atoms with van der Waals surface area (Å²) in [6.45, 7) is 2.27. The van der Waals surface area contributed by atoms with Crippen molar-refractivity contribution in [2.24, 2.45) is 5.92 Å². The molecular weight excluding hydrogens is 398 g/mol. The Morgan fingerprint density at radius 2 is 2.11 bits per heavy atom. The maximum atomic E-state index is 12.7. The van der Waals surface area contributed by atoms with Crippen LogP contribution in [0.4, 0.5) is 0 Å². The van der Waals surface area contributed by atoms with E-state index < -0.39 is 10.0 Å². The molecule has 2 atom stereocenters. The Morgan fingerprint density at radius 3 is 2.74 bits per heavy atom. The number of nitrogens with zero attached hydrogens (tertiary/aromatic N) is 1. The van der Waals surface area contributed by atoms with Gasteiger partial charge >= 0.3 is 0 Å². The number of hydrogen-bond donors (Lipinski definition) is 1. The summed E-state index contributed by atoms with van der Waals surface area (Å²) < 4.78 is 28.0. The Morgan fingerprint density at radius 1 is 1.42 bits per heavy atom. The molecule has 1 saturated heterocycles. The minimum Gasteiger partial charge on any atom is -0.395 e. The van der Waals surface area contributed by atoms with Crippen LogP contribution in [-0.2, 0) is 10.0 Å². The highest BCUT2D eigenvalue weighted by molar-refractivity contribution is 9.11. The van der Waals surface area contributed by atoms with Crippen LogP contribution in [0.25, 0.3) is 0 Å². The van der Waals surface area contributed by atoms with Gasteiger partial charge < -0.3 is 5.11 Å². The van der Waals surface area contributed by atoms with E-state index in [2.05, 4.69) is 31.9 Å². The van der Waals surface area contributed by atoms with Crippen molar-refractivity contribution in [1.82, 2.24) is 4.31 Å². The zero-order chi connectivity index (χ0) is 14.2. The van der Waals surface area contributed by atoms with Crippen molar-refractivity contribution in [3.63, 3.8) is 0 Å². The zero-order valence-corrected chi connectivity index (χ0v) is 14.4. The number of sulfonamides is 1. The summed E-state index contributed by atoms with van der Waals surface area (Å²) in [7, 11) is -3.59. The molecule has 1 aliphatic heterocycles. The lowest BCUT2D eigenvalue weighted by Gasteiger charge is -2.25. The molecule has 1 N–H and O–H groups in total. The molecule has 7 heteroatoms. The SMILES string of the molecule is CC1CCN(S(=O)(=O)c2cc(Br)ccc2Br)C1CO. The monoisotopic (exact) mass is 411 g/mol. The molecule has 1 aliphatic rings. The van der Waals surface area contributed by atoms with E-state index in [-0.39, 0.29) is 23.5 Å².